The minimum absolute atomic E-state index is 0.00727. The van der Waals surface area contributed by atoms with Gasteiger partial charge in [-0.15, -0.1) is 0 Å². The number of nitrogens with one attached hydrogen (secondary N) is 1. The van der Waals surface area contributed by atoms with E-state index in [0.29, 0.717) is 13.0 Å². The summed E-state index contributed by atoms with van der Waals surface area (Å²) >= 11 is 0. The number of nitrogens with zero attached hydrogens (tertiary/aromatic N) is 1. The molecule has 3 N–H and O–H groups in total. The first-order valence-electron chi connectivity index (χ1n) is 6.94. The third-order valence-electron chi connectivity index (χ3n) is 4.20. The van der Waals surface area contributed by atoms with Crippen molar-refractivity contribution in [1.29, 1.82) is 0 Å². The lowest BCUT2D eigenvalue weighted by molar-refractivity contribution is -0.119. The fourth-order valence-electron chi connectivity index (χ4n) is 3.31. The number of aliphatic hydroxyl groups is 2. The van der Waals surface area contributed by atoms with E-state index in [0.717, 1.165) is 25.9 Å². The number of amides is 1. The van der Waals surface area contributed by atoms with Crippen molar-refractivity contribution < 1.29 is 15.0 Å². The van der Waals surface area contributed by atoms with E-state index >= 15 is 0 Å². The summed E-state index contributed by atoms with van der Waals surface area (Å²) in [5, 5.41) is 22.8. The van der Waals surface area contributed by atoms with Crippen LogP contribution in [0.15, 0.2) is 0 Å². The maximum atomic E-state index is 11.0. The van der Waals surface area contributed by atoms with Gasteiger partial charge in [0.05, 0.1) is 12.2 Å². The van der Waals surface area contributed by atoms with Gasteiger partial charge in [0.2, 0.25) is 5.91 Å². The summed E-state index contributed by atoms with van der Waals surface area (Å²) in [5.41, 5.74) is 0. The molecule has 0 unspecified atom stereocenters. The lowest BCUT2D eigenvalue weighted by atomic mass is 9.98. The number of rotatable bonds is 3. The van der Waals surface area contributed by atoms with Crippen LogP contribution in [0.3, 0.4) is 0 Å². The van der Waals surface area contributed by atoms with Crippen LogP contribution in [-0.4, -0.2) is 58.9 Å². The van der Waals surface area contributed by atoms with Gasteiger partial charge in [0.15, 0.2) is 0 Å². The number of carbonyl (C=O) groups excluding carboxylic acids is 1. The molecule has 2 fully saturated rings. The van der Waals surface area contributed by atoms with E-state index in [4.69, 9.17) is 0 Å². The summed E-state index contributed by atoms with van der Waals surface area (Å²) < 4.78 is 0. The van der Waals surface area contributed by atoms with Crippen molar-refractivity contribution in [2.45, 2.75) is 50.9 Å². The van der Waals surface area contributed by atoms with E-state index in [1.165, 1.54) is 13.3 Å². The van der Waals surface area contributed by atoms with Crippen LogP contribution in [0.5, 0.6) is 0 Å². The van der Waals surface area contributed by atoms with Crippen molar-refractivity contribution in [3.8, 4) is 0 Å². The molecule has 5 heteroatoms. The molecule has 0 radical (unpaired) electrons. The molecule has 5 nitrogen and oxygen atoms in total. The fourth-order valence-corrected chi connectivity index (χ4v) is 3.31. The van der Waals surface area contributed by atoms with E-state index < -0.39 is 12.2 Å². The number of aliphatic hydroxyl groups excluding tert-OH is 2. The van der Waals surface area contributed by atoms with Crippen LogP contribution < -0.4 is 5.32 Å². The molecule has 1 aliphatic heterocycles. The molecule has 0 aromatic rings. The number of hydrogen-bond donors (Lipinski definition) is 3. The minimum atomic E-state index is -0.679. The summed E-state index contributed by atoms with van der Waals surface area (Å²) in [4.78, 5) is 13.3. The van der Waals surface area contributed by atoms with Gasteiger partial charge in [0, 0.05) is 19.5 Å². The molecule has 1 saturated heterocycles. The highest BCUT2D eigenvalue weighted by Gasteiger charge is 2.44. The SMILES string of the molecule is CC(=O)NC[C@@H]1C[C@H](O)[C@H](O)[C@H]1N1CCCCC1. The van der Waals surface area contributed by atoms with Crippen molar-refractivity contribution >= 4 is 5.91 Å². The van der Waals surface area contributed by atoms with E-state index in [-0.39, 0.29) is 17.9 Å². The van der Waals surface area contributed by atoms with Gasteiger partial charge in [0.25, 0.3) is 0 Å². The lowest BCUT2D eigenvalue weighted by Gasteiger charge is -2.37. The summed E-state index contributed by atoms with van der Waals surface area (Å²) in [6.45, 7) is 4.03. The Morgan fingerprint density at radius 3 is 2.56 bits per heavy atom. The highest BCUT2D eigenvalue weighted by atomic mass is 16.3. The van der Waals surface area contributed by atoms with Crippen LogP contribution >= 0.6 is 0 Å². The maximum absolute atomic E-state index is 11.0. The molecule has 0 aromatic carbocycles. The Balaban J connectivity index is 1.99. The van der Waals surface area contributed by atoms with Gasteiger partial charge in [-0.05, 0) is 38.3 Å². The topological polar surface area (TPSA) is 72.8 Å². The molecule has 0 aromatic heterocycles. The number of hydrogen-bond acceptors (Lipinski definition) is 4. The van der Waals surface area contributed by atoms with Crippen LogP contribution in [0.4, 0.5) is 0 Å². The monoisotopic (exact) mass is 256 g/mol. The highest BCUT2D eigenvalue weighted by molar-refractivity contribution is 5.72. The maximum Gasteiger partial charge on any atom is 0.216 e. The van der Waals surface area contributed by atoms with Gasteiger partial charge >= 0.3 is 0 Å². The quantitative estimate of drug-likeness (QED) is 0.649. The minimum Gasteiger partial charge on any atom is -0.390 e. The molecule has 18 heavy (non-hydrogen) atoms. The molecule has 2 rings (SSSR count). The summed E-state index contributed by atoms with van der Waals surface area (Å²) in [7, 11) is 0. The smallest absolute Gasteiger partial charge is 0.216 e. The van der Waals surface area contributed by atoms with Crippen molar-refractivity contribution in [1.82, 2.24) is 10.2 Å². The molecular weight excluding hydrogens is 232 g/mol. The normalized spacial score (nSPS) is 37.7. The Hall–Kier alpha value is -0.650. The van der Waals surface area contributed by atoms with Gasteiger partial charge in [-0.3, -0.25) is 9.69 Å². The molecule has 1 amide bonds. The van der Waals surface area contributed by atoms with Crippen LogP contribution in [0, 0.1) is 5.92 Å². The molecule has 4 atom stereocenters. The van der Waals surface area contributed by atoms with Crippen molar-refractivity contribution in [2.24, 2.45) is 5.92 Å². The number of likely N-dealkylation sites (tertiary alicyclic amines) is 1. The Bertz CT molecular complexity index is 292. The molecule has 0 spiro atoms. The average Bonchev–Trinajstić information content (AvgIpc) is 2.64. The average molecular weight is 256 g/mol. The number of piperidine rings is 1. The summed E-state index contributed by atoms with van der Waals surface area (Å²) in [5.74, 6) is 0.0975. The van der Waals surface area contributed by atoms with Gasteiger partial charge < -0.3 is 15.5 Å². The zero-order chi connectivity index (χ0) is 13.1. The second-order valence-corrected chi connectivity index (χ2v) is 5.58. The molecule has 104 valence electrons. The first-order valence-corrected chi connectivity index (χ1v) is 6.94. The van der Waals surface area contributed by atoms with Crippen LogP contribution in [0.1, 0.15) is 32.6 Å². The second-order valence-electron chi connectivity index (χ2n) is 5.58. The van der Waals surface area contributed by atoms with Gasteiger partial charge in [-0.25, -0.2) is 0 Å². The van der Waals surface area contributed by atoms with E-state index in [9.17, 15) is 15.0 Å². The van der Waals surface area contributed by atoms with Crippen molar-refractivity contribution in [2.75, 3.05) is 19.6 Å². The fraction of sp³-hybridized carbons (Fsp3) is 0.923. The molecular formula is C13H24N2O3. The van der Waals surface area contributed by atoms with Crippen molar-refractivity contribution in [3.05, 3.63) is 0 Å². The van der Waals surface area contributed by atoms with Crippen LogP contribution in [0.25, 0.3) is 0 Å². The van der Waals surface area contributed by atoms with Crippen molar-refractivity contribution in [3.63, 3.8) is 0 Å². The third-order valence-corrected chi connectivity index (χ3v) is 4.20. The Kier molecular flexibility index (Phi) is 4.59. The van der Waals surface area contributed by atoms with Crippen LogP contribution in [-0.2, 0) is 4.79 Å². The van der Waals surface area contributed by atoms with Gasteiger partial charge in [-0.2, -0.15) is 0 Å². The predicted molar refractivity (Wildman–Crippen MR) is 68.0 cm³/mol. The Labute approximate surface area is 108 Å². The molecule has 1 saturated carbocycles. The third kappa shape index (κ3) is 3.02. The first kappa shape index (κ1) is 13.8. The van der Waals surface area contributed by atoms with Gasteiger partial charge in [-0.1, -0.05) is 6.42 Å². The summed E-state index contributed by atoms with van der Waals surface area (Å²) in [6, 6.07) is -0.00727. The Morgan fingerprint density at radius 2 is 1.94 bits per heavy atom. The summed E-state index contributed by atoms with van der Waals surface area (Å²) in [6.07, 6.45) is 2.80. The number of carbonyl (C=O) groups is 1. The lowest BCUT2D eigenvalue weighted by Crippen LogP contribution is -2.50. The molecule has 2 aliphatic rings. The van der Waals surface area contributed by atoms with Crippen LogP contribution in [0.2, 0.25) is 0 Å². The van der Waals surface area contributed by atoms with E-state index in [2.05, 4.69) is 10.2 Å². The first-order chi connectivity index (χ1) is 8.59. The molecule has 1 heterocycles. The zero-order valence-corrected chi connectivity index (χ0v) is 11.0. The molecule has 1 aliphatic carbocycles. The standard InChI is InChI=1S/C13H24N2O3/c1-9(16)14-8-10-7-11(17)13(18)12(10)15-5-3-2-4-6-15/h10-13,17-18H,2-8H2,1H3,(H,14,16)/t10-,11-,12-,13-/m0/s1. The van der Waals surface area contributed by atoms with E-state index in [1.54, 1.807) is 0 Å². The Morgan fingerprint density at radius 1 is 1.28 bits per heavy atom. The zero-order valence-electron chi connectivity index (χ0n) is 11.0. The van der Waals surface area contributed by atoms with E-state index in [1.807, 2.05) is 0 Å². The molecule has 0 bridgehead atoms. The highest BCUT2D eigenvalue weighted by Crippen LogP contribution is 2.32. The second kappa shape index (κ2) is 5.99. The predicted octanol–water partition coefficient (Wildman–Crippen LogP) is -0.281. The largest absolute Gasteiger partial charge is 0.390 e. The van der Waals surface area contributed by atoms with Gasteiger partial charge in [0.1, 0.15) is 0 Å².